The van der Waals surface area contributed by atoms with E-state index in [0.717, 1.165) is 37.7 Å². The average molecular weight is 343 g/mol. The van der Waals surface area contributed by atoms with E-state index in [1.54, 1.807) is 12.1 Å². The Bertz CT molecular complexity index is 692. The van der Waals surface area contributed by atoms with E-state index in [1.165, 1.54) is 26.4 Å². The van der Waals surface area contributed by atoms with Crippen molar-refractivity contribution in [3.8, 4) is 5.75 Å². The fraction of sp³-hybridized carbons (Fsp3) is 0.474. The number of aromatic carboxylic acids is 1. The maximum absolute atomic E-state index is 11.3. The van der Waals surface area contributed by atoms with Crippen LogP contribution in [0.25, 0.3) is 0 Å². The highest BCUT2D eigenvalue weighted by atomic mass is 16.5. The highest BCUT2D eigenvalue weighted by Gasteiger charge is 2.20. The number of likely N-dealkylation sites (tertiary alicyclic amines) is 1. The van der Waals surface area contributed by atoms with Crippen molar-refractivity contribution in [2.75, 3.05) is 20.2 Å². The van der Waals surface area contributed by atoms with Gasteiger partial charge in [-0.1, -0.05) is 6.07 Å². The third-order valence-electron chi connectivity index (χ3n) is 4.93. The van der Waals surface area contributed by atoms with Crippen molar-refractivity contribution in [3.05, 3.63) is 47.8 Å². The molecule has 1 fully saturated rings. The summed E-state index contributed by atoms with van der Waals surface area (Å²) >= 11 is 0. The first-order valence-corrected chi connectivity index (χ1v) is 8.75. The second kappa shape index (κ2) is 8.16. The molecule has 0 unspecified atom stereocenters. The fourth-order valence-corrected chi connectivity index (χ4v) is 3.46. The number of carboxylic acids is 1. The molecule has 1 N–H and O–H groups in total. The number of benzene rings is 1. The maximum Gasteiger partial charge on any atom is 0.339 e. The van der Waals surface area contributed by atoms with Gasteiger partial charge in [-0.15, -0.1) is 0 Å². The van der Waals surface area contributed by atoms with E-state index in [-0.39, 0.29) is 5.56 Å². The molecule has 0 spiro atoms. The molecule has 0 aliphatic carbocycles. The minimum Gasteiger partial charge on any atom is -0.496 e. The molecule has 2 heterocycles. The van der Waals surface area contributed by atoms with Gasteiger partial charge in [0.1, 0.15) is 11.3 Å². The Kier molecular flexibility index (Phi) is 5.71. The van der Waals surface area contributed by atoms with Crippen LogP contribution in [0.5, 0.6) is 5.75 Å². The van der Waals surface area contributed by atoms with E-state index in [0.29, 0.717) is 5.75 Å². The van der Waals surface area contributed by atoms with Crippen LogP contribution in [0.1, 0.15) is 35.2 Å². The van der Waals surface area contributed by atoms with E-state index < -0.39 is 5.97 Å². The number of aryl methyl sites for hydroxylation is 1. The third-order valence-corrected chi connectivity index (χ3v) is 4.93. The number of rotatable bonds is 7. The highest BCUT2D eigenvalue weighted by molar-refractivity contribution is 5.91. The number of aromatic nitrogens is 2. The van der Waals surface area contributed by atoms with Crippen LogP contribution in [0.2, 0.25) is 0 Å². The first-order valence-electron chi connectivity index (χ1n) is 8.75. The van der Waals surface area contributed by atoms with E-state index in [9.17, 15) is 9.90 Å². The van der Waals surface area contributed by atoms with Crippen molar-refractivity contribution in [2.24, 2.45) is 5.92 Å². The summed E-state index contributed by atoms with van der Waals surface area (Å²) in [5.41, 5.74) is 1.25. The van der Waals surface area contributed by atoms with Gasteiger partial charge in [0.05, 0.1) is 7.11 Å². The number of carboxylic acid groups (broad SMARTS) is 1. The number of ether oxygens (including phenoxy) is 1. The van der Waals surface area contributed by atoms with Gasteiger partial charge in [0, 0.05) is 25.5 Å². The summed E-state index contributed by atoms with van der Waals surface area (Å²) in [5.74, 6) is 0.204. The quantitative estimate of drug-likeness (QED) is 0.837. The molecule has 1 aliphatic rings. The molecular formula is C19H25N3O3. The minimum absolute atomic E-state index is 0.231. The summed E-state index contributed by atoms with van der Waals surface area (Å²) in [7, 11) is 1.50. The highest BCUT2D eigenvalue weighted by Crippen LogP contribution is 2.24. The molecule has 0 atom stereocenters. The fourth-order valence-electron chi connectivity index (χ4n) is 3.46. The van der Waals surface area contributed by atoms with Gasteiger partial charge in [-0.25, -0.2) is 4.79 Å². The van der Waals surface area contributed by atoms with Crippen LogP contribution >= 0.6 is 0 Å². The van der Waals surface area contributed by atoms with Crippen molar-refractivity contribution < 1.29 is 14.6 Å². The molecular weight excluding hydrogens is 318 g/mol. The Morgan fingerprint density at radius 3 is 2.80 bits per heavy atom. The number of piperidine rings is 1. The van der Waals surface area contributed by atoms with Gasteiger partial charge >= 0.3 is 5.97 Å². The summed E-state index contributed by atoms with van der Waals surface area (Å²) in [6.07, 6.45) is 7.37. The molecule has 1 aromatic heterocycles. The lowest BCUT2D eigenvalue weighted by atomic mass is 9.93. The Balaban J connectivity index is 1.50. The zero-order chi connectivity index (χ0) is 17.6. The minimum atomic E-state index is -0.948. The smallest absolute Gasteiger partial charge is 0.339 e. The maximum atomic E-state index is 11.3. The summed E-state index contributed by atoms with van der Waals surface area (Å²) < 4.78 is 7.12. The molecule has 0 bridgehead atoms. The molecule has 134 valence electrons. The largest absolute Gasteiger partial charge is 0.496 e. The number of hydrogen-bond acceptors (Lipinski definition) is 4. The van der Waals surface area contributed by atoms with Gasteiger partial charge in [0.15, 0.2) is 0 Å². The number of hydrogen-bond donors (Lipinski definition) is 1. The monoisotopic (exact) mass is 343 g/mol. The van der Waals surface area contributed by atoms with Crippen LogP contribution in [-0.4, -0.2) is 46.0 Å². The predicted octanol–water partition coefficient (Wildman–Crippen LogP) is 2.89. The summed E-state index contributed by atoms with van der Waals surface area (Å²) in [6, 6.07) is 7.39. The zero-order valence-electron chi connectivity index (χ0n) is 14.6. The van der Waals surface area contributed by atoms with Gasteiger partial charge in [-0.05, 0) is 62.0 Å². The van der Waals surface area contributed by atoms with Gasteiger partial charge < -0.3 is 9.84 Å². The van der Waals surface area contributed by atoms with Crippen LogP contribution in [0.3, 0.4) is 0 Å². The van der Waals surface area contributed by atoms with E-state index >= 15 is 0 Å². The lowest BCUT2D eigenvalue weighted by Gasteiger charge is -2.32. The lowest BCUT2D eigenvalue weighted by Crippen LogP contribution is -2.33. The molecule has 25 heavy (non-hydrogen) atoms. The van der Waals surface area contributed by atoms with Crippen molar-refractivity contribution >= 4 is 5.97 Å². The van der Waals surface area contributed by atoms with Gasteiger partial charge in [-0.2, -0.15) is 5.10 Å². The Labute approximate surface area is 148 Å². The first-order chi connectivity index (χ1) is 12.2. The normalized spacial score (nSPS) is 16.0. The van der Waals surface area contributed by atoms with E-state index in [2.05, 4.69) is 10.00 Å². The summed E-state index contributed by atoms with van der Waals surface area (Å²) in [6.45, 7) is 3.88. The molecule has 2 aromatic rings. The van der Waals surface area contributed by atoms with E-state index in [1.807, 2.05) is 29.2 Å². The summed E-state index contributed by atoms with van der Waals surface area (Å²) in [4.78, 5) is 13.7. The van der Waals surface area contributed by atoms with Crippen molar-refractivity contribution in [1.29, 1.82) is 0 Å². The van der Waals surface area contributed by atoms with Crippen LogP contribution in [-0.2, 0) is 13.1 Å². The average Bonchev–Trinajstić information content (AvgIpc) is 3.14. The summed E-state index contributed by atoms with van der Waals surface area (Å²) in [5, 5.41) is 13.6. The Hall–Kier alpha value is -2.34. The second-order valence-electron chi connectivity index (χ2n) is 6.62. The number of methoxy groups -OCH3 is 1. The molecule has 6 nitrogen and oxygen atoms in total. The second-order valence-corrected chi connectivity index (χ2v) is 6.62. The molecule has 0 radical (unpaired) electrons. The molecule has 0 saturated carbocycles. The molecule has 6 heteroatoms. The number of carbonyl (C=O) groups is 1. The van der Waals surface area contributed by atoms with Crippen molar-refractivity contribution in [3.63, 3.8) is 0 Å². The van der Waals surface area contributed by atoms with Gasteiger partial charge in [-0.3, -0.25) is 9.58 Å². The molecule has 1 aromatic carbocycles. The Morgan fingerprint density at radius 1 is 1.36 bits per heavy atom. The van der Waals surface area contributed by atoms with E-state index in [4.69, 9.17) is 4.74 Å². The van der Waals surface area contributed by atoms with Crippen LogP contribution in [0, 0.1) is 5.92 Å². The molecule has 1 aliphatic heterocycles. The topological polar surface area (TPSA) is 67.6 Å². The lowest BCUT2D eigenvalue weighted by molar-refractivity contribution is 0.0693. The Morgan fingerprint density at radius 2 is 2.16 bits per heavy atom. The SMILES string of the molecule is COc1ccc(CN2CCC(CCn3cccn3)CC2)cc1C(=O)O. The standard InChI is InChI=1S/C19H25N3O3/c1-25-18-4-3-16(13-17(18)19(23)24)14-21-10-5-15(6-11-21)7-12-22-9-2-8-20-22/h2-4,8-9,13,15H,5-7,10-12,14H2,1H3,(H,23,24). The molecule has 3 rings (SSSR count). The van der Waals surface area contributed by atoms with Gasteiger partial charge in [0.25, 0.3) is 0 Å². The van der Waals surface area contributed by atoms with Crippen molar-refractivity contribution in [1.82, 2.24) is 14.7 Å². The predicted molar refractivity (Wildman–Crippen MR) is 94.8 cm³/mol. The first kappa shape index (κ1) is 17.5. The zero-order valence-corrected chi connectivity index (χ0v) is 14.6. The third kappa shape index (κ3) is 4.60. The van der Waals surface area contributed by atoms with Crippen LogP contribution < -0.4 is 4.74 Å². The van der Waals surface area contributed by atoms with Gasteiger partial charge in [0.2, 0.25) is 0 Å². The number of nitrogens with zero attached hydrogens (tertiary/aromatic N) is 3. The molecule has 1 saturated heterocycles. The van der Waals surface area contributed by atoms with Crippen LogP contribution in [0.15, 0.2) is 36.7 Å². The van der Waals surface area contributed by atoms with Crippen molar-refractivity contribution in [2.45, 2.75) is 32.4 Å². The van der Waals surface area contributed by atoms with Crippen LogP contribution in [0.4, 0.5) is 0 Å². The molecule has 0 amide bonds.